The van der Waals surface area contributed by atoms with E-state index in [9.17, 15) is 8.78 Å². The summed E-state index contributed by atoms with van der Waals surface area (Å²) < 4.78 is 25.6. The summed E-state index contributed by atoms with van der Waals surface area (Å²) in [6.07, 6.45) is -1.08. The number of H-pyrrole nitrogens is 1. The van der Waals surface area contributed by atoms with Gasteiger partial charge in [-0.2, -0.15) is 0 Å². The van der Waals surface area contributed by atoms with Gasteiger partial charge in [-0.15, -0.1) is 0 Å². The summed E-state index contributed by atoms with van der Waals surface area (Å²) in [6, 6.07) is 11.3. The van der Waals surface area contributed by atoms with Crippen molar-refractivity contribution in [2.75, 3.05) is 31.1 Å². The minimum Gasteiger partial charge on any atom is -0.369 e. The molecular weight excluding hydrogens is 324 g/mol. The lowest BCUT2D eigenvalue weighted by Gasteiger charge is -2.35. The molecule has 1 fully saturated rings. The van der Waals surface area contributed by atoms with Gasteiger partial charge >= 0.3 is 0 Å². The molecule has 25 heavy (non-hydrogen) atoms. The summed E-state index contributed by atoms with van der Waals surface area (Å²) in [5, 5.41) is 0. The van der Waals surface area contributed by atoms with Gasteiger partial charge in [0.25, 0.3) is 6.43 Å². The Morgan fingerprint density at radius 1 is 1.08 bits per heavy atom. The maximum Gasteiger partial charge on any atom is 0.280 e. The monoisotopic (exact) mass is 343 g/mol. The van der Waals surface area contributed by atoms with Gasteiger partial charge < -0.3 is 9.88 Å². The highest BCUT2D eigenvalue weighted by molar-refractivity contribution is 5.74. The van der Waals surface area contributed by atoms with Crippen LogP contribution in [0, 0.1) is 0 Å². The number of alkyl halides is 2. The number of aromatic amines is 1. The van der Waals surface area contributed by atoms with Gasteiger partial charge in [0.05, 0.1) is 17.6 Å². The van der Waals surface area contributed by atoms with E-state index in [2.05, 4.69) is 24.8 Å². The number of anilines is 1. The summed E-state index contributed by atoms with van der Waals surface area (Å²) in [5.74, 6) is 0.957. The van der Waals surface area contributed by atoms with E-state index in [0.29, 0.717) is 0 Å². The molecule has 1 aliphatic heterocycles. The van der Waals surface area contributed by atoms with Crippen LogP contribution >= 0.6 is 0 Å². The number of nitrogens with one attached hydrogen (secondary N) is 1. The fourth-order valence-corrected chi connectivity index (χ4v) is 3.21. The number of imidazole rings is 1. The number of hydrogen-bond donors (Lipinski definition) is 1. The summed E-state index contributed by atoms with van der Waals surface area (Å²) in [4.78, 5) is 16.1. The Morgan fingerprint density at radius 3 is 2.64 bits per heavy atom. The fraction of sp³-hybridized carbons (Fsp3) is 0.333. The van der Waals surface area contributed by atoms with Crippen molar-refractivity contribution in [3.05, 3.63) is 54.1 Å². The Morgan fingerprint density at radius 2 is 1.88 bits per heavy atom. The summed E-state index contributed by atoms with van der Waals surface area (Å²) >= 11 is 0. The number of halogens is 2. The standard InChI is InChI=1S/C18H19F2N5/c19-18(20)16-11-13(5-6-21-16)25-9-7-24(8-10-25)12-17-22-14-3-1-2-4-15(14)23-17/h1-6,11,18H,7-10,12H2,(H,22,23). The molecular formula is C18H19F2N5. The number of rotatable bonds is 4. The van der Waals surface area contributed by atoms with Gasteiger partial charge in [0.1, 0.15) is 11.5 Å². The molecule has 0 bridgehead atoms. The SMILES string of the molecule is FC(F)c1cc(N2CCN(Cc3nc4ccccc4[nH]3)CC2)ccn1. The number of piperazine rings is 1. The maximum atomic E-state index is 12.8. The number of para-hydroxylation sites is 2. The van der Waals surface area contributed by atoms with Crippen LogP contribution in [0.15, 0.2) is 42.6 Å². The van der Waals surface area contributed by atoms with Gasteiger partial charge in [0.15, 0.2) is 0 Å². The number of pyridine rings is 1. The molecule has 0 saturated carbocycles. The molecule has 130 valence electrons. The summed E-state index contributed by atoms with van der Waals surface area (Å²) in [5.41, 5.74) is 2.68. The largest absolute Gasteiger partial charge is 0.369 e. The Kier molecular flexibility index (Phi) is 4.31. The number of nitrogens with zero attached hydrogens (tertiary/aromatic N) is 4. The molecule has 3 heterocycles. The van der Waals surface area contributed by atoms with Crippen LogP contribution in [-0.4, -0.2) is 46.0 Å². The third kappa shape index (κ3) is 3.46. The second-order valence-corrected chi connectivity index (χ2v) is 6.20. The molecule has 0 unspecified atom stereocenters. The Bertz CT molecular complexity index is 822. The van der Waals surface area contributed by atoms with Gasteiger partial charge in [-0.3, -0.25) is 9.88 Å². The van der Waals surface area contributed by atoms with Crippen LogP contribution in [0.25, 0.3) is 11.0 Å². The number of aromatic nitrogens is 3. The highest BCUT2D eigenvalue weighted by Gasteiger charge is 2.19. The predicted molar refractivity (Wildman–Crippen MR) is 92.8 cm³/mol. The van der Waals surface area contributed by atoms with Crippen molar-refractivity contribution >= 4 is 16.7 Å². The average molecular weight is 343 g/mol. The average Bonchev–Trinajstić information content (AvgIpc) is 3.04. The van der Waals surface area contributed by atoms with Crippen molar-refractivity contribution in [2.24, 2.45) is 0 Å². The van der Waals surface area contributed by atoms with Crippen LogP contribution in [0.2, 0.25) is 0 Å². The van der Waals surface area contributed by atoms with E-state index in [1.54, 1.807) is 6.07 Å². The van der Waals surface area contributed by atoms with Crippen LogP contribution in [0.4, 0.5) is 14.5 Å². The fourth-order valence-electron chi connectivity index (χ4n) is 3.21. The van der Waals surface area contributed by atoms with E-state index in [-0.39, 0.29) is 5.69 Å². The highest BCUT2D eigenvalue weighted by Crippen LogP contribution is 2.23. The molecule has 5 nitrogen and oxygen atoms in total. The highest BCUT2D eigenvalue weighted by atomic mass is 19.3. The maximum absolute atomic E-state index is 12.8. The van der Waals surface area contributed by atoms with Gasteiger partial charge in [-0.05, 0) is 24.3 Å². The van der Waals surface area contributed by atoms with E-state index in [0.717, 1.165) is 55.3 Å². The van der Waals surface area contributed by atoms with Gasteiger partial charge in [-0.25, -0.2) is 13.8 Å². The zero-order valence-electron chi connectivity index (χ0n) is 13.7. The minimum absolute atomic E-state index is 0.165. The number of fused-ring (bicyclic) bond motifs is 1. The number of hydrogen-bond acceptors (Lipinski definition) is 4. The zero-order chi connectivity index (χ0) is 17.2. The van der Waals surface area contributed by atoms with E-state index in [1.165, 1.54) is 12.3 Å². The predicted octanol–water partition coefficient (Wildman–Crippen LogP) is 3.22. The Hall–Kier alpha value is -2.54. The molecule has 0 aliphatic carbocycles. The normalized spacial score (nSPS) is 16.0. The van der Waals surface area contributed by atoms with Crippen molar-refractivity contribution < 1.29 is 8.78 Å². The lowest BCUT2D eigenvalue weighted by atomic mass is 10.2. The van der Waals surface area contributed by atoms with Crippen molar-refractivity contribution in [1.82, 2.24) is 19.9 Å². The molecule has 3 aromatic rings. The van der Waals surface area contributed by atoms with Crippen molar-refractivity contribution in [3.8, 4) is 0 Å². The van der Waals surface area contributed by atoms with Gasteiger partial charge in [-0.1, -0.05) is 12.1 Å². The molecule has 4 rings (SSSR count). The third-order valence-electron chi connectivity index (χ3n) is 4.54. The Labute approximate surface area is 144 Å². The van der Waals surface area contributed by atoms with Crippen molar-refractivity contribution in [2.45, 2.75) is 13.0 Å². The molecule has 0 atom stereocenters. The van der Waals surface area contributed by atoms with Gasteiger partial charge in [0.2, 0.25) is 0 Å². The minimum atomic E-state index is -2.53. The topological polar surface area (TPSA) is 48.0 Å². The van der Waals surface area contributed by atoms with Crippen molar-refractivity contribution in [3.63, 3.8) is 0 Å². The lowest BCUT2D eigenvalue weighted by Crippen LogP contribution is -2.46. The van der Waals surface area contributed by atoms with E-state index in [4.69, 9.17) is 0 Å². The zero-order valence-corrected chi connectivity index (χ0v) is 13.7. The first-order valence-electron chi connectivity index (χ1n) is 8.34. The second-order valence-electron chi connectivity index (χ2n) is 6.20. The second kappa shape index (κ2) is 6.76. The van der Waals surface area contributed by atoms with Crippen LogP contribution in [0.1, 0.15) is 17.9 Å². The molecule has 0 radical (unpaired) electrons. The van der Waals surface area contributed by atoms with Gasteiger partial charge in [0, 0.05) is 38.1 Å². The Balaban J connectivity index is 1.39. The van der Waals surface area contributed by atoms with E-state index < -0.39 is 6.43 Å². The van der Waals surface area contributed by atoms with Crippen LogP contribution < -0.4 is 4.90 Å². The molecule has 2 aromatic heterocycles. The van der Waals surface area contributed by atoms with E-state index >= 15 is 0 Å². The van der Waals surface area contributed by atoms with Crippen LogP contribution in [0.3, 0.4) is 0 Å². The lowest BCUT2D eigenvalue weighted by molar-refractivity contribution is 0.146. The molecule has 1 aliphatic rings. The van der Waals surface area contributed by atoms with Crippen LogP contribution in [0.5, 0.6) is 0 Å². The van der Waals surface area contributed by atoms with Crippen LogP contribution in [-0.2, 0) is 6.54 Å². The molecule has 7 heteroatoms. The first-order valence-corrected chi connectivity index (χ1v) is 8.34. The molecule has 1 aromatic carbocycles. The molecule has 0 spiro atoms. The number of benzene rings is 1. The summed E-state index contributed by atoms with van der Waals surface area (Å²) in [6.45, 7) is 4.09. The first-order chi connectivity index (χ1) is 12.2. The van der Waals surface area contributed by atoms with E-state index in [1.807, 2.05) is 24.3 Å². The quantitative estimate of drug-likeness (QED) is 0.790. The molecule has 0 amide bonds. The third-order valence-corrected chi connectivity index (χ3v) is 4.54. The summed E-state index contributed by atoms with van der Waals surface area (Å²) in [7, 11) is 0. The van der Waals surface area contributed by atoms with Crippen molar-refractivity contribution in [1.29, 1.82) is 0 Å². The first kappa shape index (κ1) is 16.0. The smallest absolute Gasteiger partial charge is 0.280 e. The molecule has 1 saturated heterocycles. The molecule has 1 N–H and O–H groups in total.